The zero-order chi connectivity index (χ0) is 14.7. The van der Waals surface area contributed by atoms with Crippen LogP contribution in [-0.4, -0.2) is 38.0 Å². The van der Waals surface area contributed by atoms with Crippen LogP contribution >= 0.6 is 11.6 Å². The Hall–Kier alpha value is -2.35. The van der Waals surface area contributed by atoms with Crippen LogP contribution in [0.1, 0.15) is 11.3 Å². The number of hydrogen-bond donors (Lipinski definition) is 2. The van der Waals surface area contributed by atoms with Gasteiger partial charge in [0.1, 0.15) is 5.15 Å². The summed E-state index contributed by atoms with van der Waals surface area (Å²) in [6, 6.07) is 0.149. The molecule has 106 valence electrons. The quantitative estimate of drug-likeness (QED) is 0.825. The van der Waals surface area contributed by atoms with E-state index in [1.807, 2.05) is 6.92 Å². The summed E-state index contributed by atoms with van der Waals surface area (Å²) < 4.78 is 6.33. The molecule has 0 saturated carbocycles. The second-order valence-corrected chi connectivity index (χ2v) is 4.26. The van der Waals surface area contributed by atoms with Crippen molar-refractivity contribution in [2.75, 3.05) is 12.4 Å². The molecule has 1 amide bonds. The number of anilines is 1. The van der Waals surface area contributed by atoms with Crippen LogP contribution in [0.2, 0.25) is 5.15 Å². The minimum absolute atomic E-state index is 0.149. The van der Waals surface area contributed by atoms with E-state index in [0.29, 0.717) is 10.7 Å². The van der Waals surface area contributed by atoms with E-state index in [1.54, 1.807) is 13.1 Å². The molecule has 0 saturated heterocycles. The predicted molar refractivity (Wildman–Crippen MR) is 73.6 cm³/mol. The Morgan fingerprint density at radius 2 is 2.30 bits per heavy atom. The summed E-state index contributed by atoms with van der Waals surface area (Å²) in [7, 11) is 3.16. The van der Waals surface area contributed by atoms with Crippen LogP contribution in [0.5, 0.6) is 6.01 Å². The van der Waals surface area contributed by atoms with Crippen LogP contribution in [-0.2, 0) is 11.8 Å². The van der Waals surface area contributed by atoms with Crippen molar-refractivity contribution in [1.82, 2.24) is 25.0 Å². The first-order valence-corrected chi connectivity index (χ1v) is 6.03. The number of amides is 1. The van der Waals surface area contributed by atoms with E-state index in [2.05, 4.69) is 25.6 Å². The number of H-pyrrole nitrogens is 1. The lowest BCUT2D eigenvalue weighted by atomic mass is 10.2. The Kier molecular flexibility index (Phi) is 4.04. The van der Waals surface area contributed by atoms with Gasteiger partial charge in [0.2, 0.25) is 5.95 Å². The second kappa shape index (κ2) is 5.74. The number of ether oxygens (including phenoxy) is 1. The van der Waals surface area contributed by atoms with E-state index < -0.39 is 0 Å². The maximum Gasteiger partial charge on any atom is 0.336 e. The van der Waals surface area contributed by atoms with Gasteiger partial charge >= 0.3 is 6.01 Å². The monoisotopic (exact) mass is 296 g/mol. The average molecular weight is 297 g/mol. The van der Waals surface area contributed by atoms with Crippen LogP contribution in [0.4, 0.5) is 5.95 Å². The number of methoxy groups -OCH3 is 1. The molecular formula is C11H13ClN6O2. The highest BCUT2D eigenvalue weighted by atomic mass is 35.5. The minimum Gasteiger partial charge on any atom is -0.466 e. The summed E-state index contributed by atoms with van der Waals surface area (Å²) in [4.78, 5) is 15.6. The standard InChI is InChI=1S/C11H13ClN6O2/c1-6-7(9(12)18(2)17-6)4-5-8(19)13-10-14-11(20-3)16-15-10/h4-5H,1-3H3,(H2,13,14,15,16,19)/b5-4+. The first-order chi connectivity index (χ1) is 9.51. The van der Waals surface area contributed by atoms with Gasteiger partial charge in [0.15, 0.2) is 0 Å². The van der Waals surface area contributed by atoms with E-state index in [-0.39, 0.29) is 17.9 Å². The third kappa shape index (κ3) is 2.97. The number of rotatable bonds is 4. The third-order valence-corrected chi connectivity index (χ3v) is 2.93. The molecule has 0 aliphatic rings. The summed E-state index contributed by atoms with van der Waals surface area (Å²) in [5.41, 5.74) is 1.43. The fraction of sp³-hybridized carbons (Fsp3) is 0.273. The van der Waals surface area contributed by atoms with Crippen molar-refractivity contribution in [1.29, 1.82) is 0 Å². The van der Waals surface area contributed by atoms with Crippen LogP contribution in [0.25, 0.3) is 6.08 Å². The van der Waals surface area contributed by atoms with Crippen molar-refractivity contribution in [3.8, 4) is 6.01 Å². The molecule has 2 aromatic heterocycles. The lowest BCUT2D eigenvalue weighted by molar-refractivity contribution is -0.111. The highest BCUT2D eigenvalue weighted by molar-refractivity contribution is 6.31. The number of carbonyl (C=O) groups is 1. The minimum atomic E-state index is -0.372. The summed E-state index contributed by atoms with van der Waals surface area (Å²) in [6.07, 6.45) is 2.93. The molecule has 20 heavy (non-hydrogen) atoms. The zero-order valence-corrected chi connectivity index (χ0v) is 11.9. The first-order valence-electron chi connectivity index (χ1n) is 5.66. The van der Waals surface area contributed by atoms with Crippen molar-refractivity contribution in [3.05, 3.63) is 22.5 Å². The second-order valence-electron chi connectivity index (χ2n) is 3.91. The number of carbonyl (C=O) groups excluding carboxylic acids is 1. The van der Waals surface area contributed by atoms with Crippen molar-refractivity contribution in [2.24, 2.45) is 7.05 Å². The van der Waals surface area contributed by atoms with Gasteiger partial charge in [-0.3, -0.25) is 14.8 Å². The van der Waals surface area contributed by atoms with Crippen molar-refractivity contribution >= 4 is 29.5 Å². The van der Waals surface area contributed by atoms with Gasteiger partial charge < -0.3 is 4.74 Å². The van der Waals surface area contributed by atoms with Gasteiger partial charge in [-0.05, 0) is 13.0 Å². The molecule has 8 nitrogen and oxygen atoms in total. The maximum absolute atomic E-state index is 11.7. The first kappa shape index (κ1) is 14.1. The molecule has 0 atom stereocenters. The lowest BCUT2D eigenvalue weighted by Crippen LogP contribution is -2.09. The van der Waals surface area contributed by atoms with E-state index in [0.717, 1.165) is 5.69 Å². The molecule has 2 rings (SSSR count). The molecule has 0 aromatic carbocycles. The molecule has 0 unspecified atom stereocenters. The molecule has 2 N–H and O–H groups in total. The molecule has 0 spiro atoms. The maximum atomic E-state index is 11.7. The zero-order valence-electron chi connectivity index (χ0n) is 11.1. The van der Waals surface area contributed by atoms with Gasteiger partial charge in [0, 0.05) is 18.7 Å². The smallest absolute Gasteiger partial charge is 0.336 e. The van der Waals surface area contributed by atoms with Gasteiger partial charge in [0.05, 0.1) is 12.8 Å². The molecule has 0 bridgehead atoms. The Morgan fingerprint density at radius 1 is 1.55 bits per heavy atom. The summed E-state index contributed by atoms with van der Waals surface area (Å²) >= 11 is 6.05. The van der Waals surface area contributed by atoms with E-state index in [1.165, 1.54) is 17.9 Å². The van der Waals surface area contributed by atoms with E-state index in [4.69, 9.17) is 16.3 Å². The Balaban J connectivity index is 2.05. The highest BCUT2D eigenvalue weighted by Crippen LogP contribution is 2.19. The lowest BCUT2D eigenvalue weighted by Gasteiger charge is -1.95. The Morgan fingerprint density at radius 3 is 2.85 bits per heavy atom. The molecule has 9 heteroatoms. The summed E-state index contributed by atoms with van der Waals surface area (Å²) in [6.45, 7) is 1.81. The van der Waals surface area contributed by atoms with Crippen LogP contribution < -0.4 is 10.1 Å². The molecule has 0 fully saturated rings. The Bertz CT molecular complexity index is 660. The molecule has 0 aliphatic heterocycles. The number of aromatic amines is 1. The van der Waals surface area contributed by atoms with Gasteiger partial charge in [-0.15, -0.1) is 5.10 Å². The molecule has 2 heterocycles. The number of aromatic nitrogens is 5. The van der Waals surface area contributed by atoms with E-state index >= 15 is 0 Å². The predicted octanol–water partition coefficient (Wildman–Crippen LogP) is 1.16. The fourth-order valence-electron chi connectivity index (χ4n) is 1.55. The van der Waals surface area contributed by atoms with Crippen molar-refractivity contribution < 1.29 is 9.53 Å². The summed E-state index contributed by atoms with van der Waals surface area (Å²) in [5.74, 6) is -0.173. The molecule has 0 radical (unpaired) electrons. The number of nitrogens with one attached hydrogen (secondary N) is 2. The van der Waals surface area contributed by atoms with Crippen molar-refractivity contribution in [3.63, 3.8) is 0 Å². The Labute approximate surface area is 119 Å². The van der Waals surface area contributed by atoms with Gasteiger partial charge in [-0.2, -0.15) is 10.1 Å². The SMILES string of the molecule is COc1n[nH]c(NC(=O)/C=C/c2c(C)nn(C)c2Cl)n1. The molecule has 2 aromatic rings. The normalized spacial score (nSPS) is 11.0. The van der Waals surface area contributed by atoms with Crippen LogP contribution in [0, 0.1) is 6.92 Å². The largest absolute Gasteiger partial charge is 0.466 e. The van der Waals surface area contributed by atoms with Crippen LogP contribution in [0.15, 0.2) is 6.08 Å². The number of halogens is 1. The third-order valence-electron chi connectivity index (χ3n) is 2.49. The van der Waals surface area contributed by atoms with Crippen LogP contribution in [0.3, 0.4) is 0 Å². The number of nitrogens with zero attached hydrogens (tertiary/aromatic N) is 4. The topological polar surface area (TPSA) is 97.7 Å². The van der Waals surface area contributed by atoms with Crippen molar-refractivity contribution in [2.45, 2.75) is 6.92 Å². The number of aryl methyl sites for hydroxylation is 2. The van der Waals surface area contributed by atoms with Gasteiger partial charge in [-0.25, -0.2) is 5.10 Å². The summed E-state index contributed by atoms with van der Waals surface area (Å²) in [5, 5.41) is 13.3. The number of hydrogen-bond acceptors (Lipinski definition) is 5. The average Bonchev–Trinajstić information content (AvgIpc) is 2.94. The molecule has 0 aliphatic carbocycles. The molecular weight excluding hydrogens is 284 g/mol. The van der Waals surface area contributed by atoms with E-state index in [9.17, 15) is 4.79 Å². The van der Waals surface area contributed by atoms with Gasteiger partial charge in [-0.1, -0.05) is 11.6 Å². The van der Waals surface area contributed by atoms with Gasteiger partial charge in [0.25, 0.3) is 5.91 Å². The fourth-order valence-corrected chi connectivity index (χ4v) is 1.78. The highest BCUT2D eigenvalue weighted by Gasteiger charge is 2.09.